The van der Waals surface area contributed by atoms with Gasteiger partial charge in [-0.25, -0.2) is 0 Å². The zero-order valence-corrected chi connectivity index (χ0v) is 10.9. The summed E-state index contributed by atoms with van der Waals surface area (Å²) in [6.45, 7) is 4.69. The first kappa shape index (κ1) is 12.7. The van der Waals surface area contributed by atoms with Crippen molar-refractivity contribution in [2.75, 3.05) is 6.61 Å². The van der Waals surface area contributed by atoms with E-state index in [9.17, 15) is 4.79 Å². The van der Waals surface area contributed by atoms with Gasteiger partial charge in [-0.05, 0) is 17.5 Å². The van der Waals surface area contributed by atoms with Gasteiger partial charge in [-0.15, -0.1) is 0 Å². The summed E-state index contributed by atoms with van der Waals surface area (Å²) in [6, 6.07) is 7.97. The maximum Gasteiger partial charge on any atom is 0.310 e. The van der Waals surface area contributed by atoms with Crippen LogP contribution in [0.15, 0.2) is 30.5 Å². The first-order valence-electron chi connectivity index (χ1n) is 6.41. The van der Waals surface area contributed by atoms with Crippen LogP contribution in [0.4, 0.5) is 0 Å². The van der Waals surface area contributed by atoms with Gasteiger partial charge in [-0.3, -0.25) is 4.79 Å². The largest absolute Gasteiger partial charge is 0.465 e. The van der Waals surface area contributed by atoms with Gasteiger partial charge >= 0.3 is 5.97 Å². The summed E-state index contributed by atoms with van der Waals surface area (Å²) in [7, 11) is 0. The number of aromatic amines is 1. The Morgan fingerprint density at radius 3 is 2.94 bits per heavy atom. The number of rotatable bonds is 5. The molecule has 1 atom stereocenters. The van der Waals surface area contributed by atoms with E-state index < -0.39 is 0 Å². The topological polar surface area (TPSA) is 42.1 Å². The van der Waals surface area contributed by atoms with Crippen molar-refractivity contribution in [2.45, 2.75) is 26.7 Å². The Bertz CT molecular complexity index is 530. The number of hydrogen-bond acceptors (Lipinski definition) is 2. The van der Waals surface area contributed by atoms with Crippen molar-refractivity contribution in [3.05, 3.63) is 36.0 Å². The standard InChI is InChI=1S/C15H19NO2/c1-3-11(2)10-18-15(17)8-12-9-16-14-7-5-4-6-13(12)14/h4-7,9,11,16H,3,8,10H2,1-2H3. The van der Waals surface area contributed by atoms with Crippen molar-refractivity contribution in [3.8, 4) is 0 Å². The maximum atomic E-state index is 11.7. The van der Waals surface area contributed by atoms with Crippen LogP contribution < -0.4 is 0 Å². The number of esters is 1. The highest BCUT2D eigenvalue weighted by Gasteiger charge is 2.10. The molecule has 0 saturated heterocycles. The Morgan fingerprint density at radius 1 is 1.39 bits per heavy atom. The molecule has 3 heteroatoms. The van der Waals surface area contributed by atoms with Gasteiger partial charge in [-0.1, -0.05) is 38.5 Å². The summed E-state index contributed by atoms with van der Waals surface area (Å²) in [5, 5.41) is 1.10. The first-order valence-corrected chi connectivity index (χ1v) is 6.41. The number of para-hydroxylation sites is 1. The Balaban J connectivity index is 1.99. The smallest absolute Gasteiger partial charge is 0.310 e. The Morgan fingerprint density at radius 2 is 2.17 bits per heavy atom. The van der Waals surface area contributed by atoms with Crippen LogP contribution in [0, 0.1) is 5.92 Å². The fourth-order valence-corrected chi connectivity index (χ4v) is 1.84. The van der Waals surface area contributed by atoms with Gasteiger partial charge in [0.2, 0.25) is 0 Å². The lowest BCUT2D eigenvalue weighted by atomic mass is 10.1. The summed E-state index contributed by atoms with van der Waals surface area (Å²) < 4.78 is 5.26. The molecule has 1 heterocycles. The minimum atomic E-state index is -0.153. The van der Waals surface area contributed by atoms with E-state index >= 15 is 0 Å². The van der Waals surface area contributed by atoms with Crippen molar-refractivity contribution in [1.29, 1.82) is 0 Å². The third-order valence-electron chi connectivity index (χ3n) is 3.24. The van der Waals surface area contributed by atoms with Crippen molar-refractivity contribution in [2.24, 2.45) is 5.92 Å². The van der Waals surface area contributed by atoms with Gasteiger partial charge in [-0.2, -0.15) is 0 Å². The number of H-pyrrole nitrogens is 1. The van der Waals surface area contributed by atoms with Crippen LogP contribution in [0.3, 0.4) is 0 Å². The Kier molecular flexibility index (Phi) is 4.03. The molecule has 0 fully saturated rings. The van der Waals surface area contributed by atoms with Crippen molar-refractivity contribution in [3.63, 3.8) is 0 Å². The molecule has 0 aliphatic carbocycles. The predicted molar refractivity (Wildman–Crippen MR) is 72.4 cm³/mol. The lowest BCUT2D eigenvalue weighted by molar-refractivity contribution is -0.144. The van der Waals surface area contributed by atoms with Crippen LogP contribution in [-0.4, -0.2) is 17.6 Å². The molecule has 0 aliphatic rings. The van der Waals surface area contributed by atoms with E-state index in [2.05, 4.69) is 18.8 Å². The summed E-state index contributed by atoms with van der Waals surface area (Å²) >= 11 is 0. The van der Waals surface area contributed by atoms with Gasteiger partial charge < -0.3 is 9.72 Å². The molecule has 0 bridgehead atoms. The van der Waals surface area contributed by atoms with Gasteiger partial charge in [0.05, 0.1) is 13.0 Å². The van der Waals surface area contributed by atoms with Crippen LogP contribution in [0.1, 0.15) is 25.8 Å². The van der Waals surface area contributed by atoms with E-state index in [1.54, 1.807) is 0 Å². The number of fused-ring (bicyclic) bond motifs is 1. The third kappa shape index (κ3) is 2.92. The Labute approximate surface area is 107 Å². The molecule has 1 aromatic carbocycles. The molecule has 96 valence electrons. The number of nitrogens with one attached hydrogen (secondary N) is 1. The molecule has 3 nitrogen and oxygen atoms in total. The van der Waals surface area contributed by atoms with Crippen molar-refractivity contribution in [1.82, 2.24) is 4.98 Å². The SMILES string of the molecule is CCC(C)COC(=O)Cc1c[nH]c2ccccc12. The summed E-state index contributed by atoms with van der Waals surface area (Å²) in [5.74, 6) is 0.275. The molecule has 0 amide bonds. The van der Waals surface area contributed by atoms with E-state index in [0.29, 0.717) is 18.9 Å². The van der Waals surface area contributed by atoms with E-state index in [1.165, 1.54) is 0 Å². The molecular weight excluding hydrogens is 226 g/mol. The quantitative estimate of drug-likeness (QED) is 0.821. The minimum Gasteiger partial charge on any atom is -0.465 e. The number of ether oxygens (including phenoxy) is 1. The Hall–Kier alpha value is -1.77. The summed E-state index contributed by atoms with van der Waals surface area (Å²) in [4.78, 5) is 14.9. The second-order valence-electron chi connectivity index (χ2n) is 4.73. The van der Waals surface area contributed by atoms with Gasteiger partial charge in [0.15, 0.2) is 0 Å². The van der Waals surface area contributed by atoms with Crippen LogP contribution in [0.25, 0.3) is 10.9 Å². The average Bonchev–Trinajstić information content (AvgIpc) is 2.79. The van der Waals surface area contributed by atoms with Gasteiger partial charge in [0.1, 0.15) is 0 Å². The number of carbonyl (C=O) groups excluding carboxylic acids is 1. The molecule has 1 aromatic heterocycles. The zero-order chi connectivity index (χ0) is 13.0. The highest BCUT2D eigenvalue weighted by molar-refractivity contribution is 5.87. The van der Waals surface area contributed by atoms with Gasteiger partial charge in [0.25, 0.3) is 0 Å². The van der Waals surface area contributed by atoms with E-state index in [1.807, 2.05) is 30.5 Å². The van der Waals surface area contributed by atoms with Crippen LogP contribution >= 0.6 is 0 Å². The molecule has 0 radical (unpaired) electrons. The number of carbonyl (C=O) groups is 1. The lowest BCUT2D eigenvalue weighted by Crippen LogP contribution is -2.13. The molecular formula is C15H19NO2. The molecule has 0 aliphatic heterocycles. The zero-order valence-electron chi connectivity index (χ0n) is 10.9. The van der Waals surface area contributed by atoms with Crippen LogP contribution in [0.2, 0.25) is 0 Å². The predicted octanol–water partition coefficient (Wildman–Crippen LogP) is 3.30. The first-order chi connectivity index (χ1) is 8.70. The highest BCUT2D eigenvalue weighted by atomic mass is 16.5. The fourth-order valence-electron chi connectivity index (χ4n) is 1.84. The fraction of sp³-hybridized carbons (Fsp3) is 0.400. The maximum absolute atomic E-state index is 11.7. The van der Waals surface area contributed by atoms with Crippen LogP contribution in [0.5, 0.6) is 0 Å². The van der Waals surface area contributed by atoms with E-state index in [-0.39, 0.29) is 5.97 Å². The number of benzene rings is 1. The number of aromatic nitrogens is 1. The van der Waals surface area contributed by atoms with E-state index in [4.69, 9.17) is 4.74 Å². The molecule has 2 aromatic rings. The molecule has 0 saturated carbocycles. The third-order valence-corrected chi connectivity index (χ3v) is 3.24. The molecule has 1 unspecified atom stereocenters. The number of hydrogen-bond donors (Lipinski definition) is 1. The molecule has 2 rings (SSSR count). The molecule has 0 spiro atoms. The highest BCUT2D eigenvalue weighted by Crippen LogP contribution is 2.18. The summed E-state index contributed by atoms with van der Waals surface area (Å²) in [6.07, 6.45) is 3.25. The van der Waals surface area contributed by atoms with Gasteiger partial charge in [0, 0.05) is 17.1 Å². The van der Waals surface area contributed by atoms with Crippen LogP contribution in [-0.2, 0) is 16.0 Å². The normalized spacial score (nSPS) is 12.6. The summed E-state index contributed by atoms with van der Waals surface area (Å²) in [5.41, 5.74) is 2.06. The molecule has 1 N–H and O–H groups in total. The average molecular weight is 245 g/mol. The second kappa shape index (κ2) is 5.71. The van der Waals surface area contributed by atoms with Crippen molar-refractivity contribution >= 4 is 16.9 Å². The second-order valence-corrected chi connectivity index (χ2v) is 4.73. The lowest BCUT2D eigenvalue weighted by Gasteiger charge is -2.09. The monoisotopic (exact) mass is 245 g/mol. The molecule has 18 heavy (non-hydrogen) atoms. The van der Waals surface area contributed by atoms with E-state index in [0.717, 1.165) is 22.9 Å². The van der Waals surface area contributed by atoms with Crippen molar-refractivity contribution < 1.29 is 9.53 Å². The minimum absolute atomic E-state index is 0.153.